The summed E-state index contributed by atoms with van der Waals surface area (Å²) in [5.74, 6) is 0.663. The number of nitrogens with zero attached hydrogens (tertiary/aromatic N) is 1. The first kappa shape index (κ1) is 12.5. The maximum Gasteiger partial charge on any atom is 0.0651 e. The molecule has 3 nitrogen and oxygen atoms in total. The van der Waals surface area contributed by atoms with Gasteiger partial charge in [-0.05, 0) is 48.1 Å². The topological polar surface area (TPSA) is 40.7 Å². The van der Waals surface area contributed by atoms with E-state index in [1.807, 2.05) is 6.20 Å². The van der Waals surface area contributed by atoms with E-state index in [9.17, 15) is 0 Å². The number of rotatable bonds is 2. The summed E-state index contributed by atoms with van der Waals surface area (Å²) in [4.78, 5) is 0. The number of hydrogen-bond acceptors (Lipinski definition) is 2. The van der Waals surface area contributed by atoms with E-state index >= 15 is 0 Å². The van der Waals surface area contributed by atoms with Gasteiger partial charge in [0.05, 0.1) is 17.8 Å². The zero-order valence-corrected chi connectivity index (χ0v) is 12.1. The van der Waals surface area contributed by atoms with Gasteiger partial charge in [0, 0.05) is 11.1 Å². The lowest BCUT2D eigenvalue weighted by atomic mass is 9.81. The molecule has 0 saturated carbocycles. The number of aromatic nitrogens is 2. The van der Waals surface area contributed by atoms with Crippen LogP contribution in [-0.4, -0.2) is 10.2 Å². The Hall–Kier alpha value is -2.29. The van der Waals surface area contributed by atoms with E-state index in [-0.39, 0.29) is 0 Å². The van der Waals surface area contributed by atoms with E-state index in [2.05, 4.69) is 64.9 Å². The van der Waals surface area contributed by atoms with Gasteiger partial charge in [-0.1, -0.05) is 31.2 Å². The van der Waals surface area contributed by atoms with Gasteiger partial charge in [-0.15, -0.1) is 0 Å². The molecule has 0 saturated heterocycles. The van der Waals surface area contributed by atoms with E-state index in [4.69, 9.17) is 0 Å². The van der Waals surface area contributed by atoms with Crippen molar-refractivity contribution in [3.05, 3.63) is 59.8 Å². The van der Waals surface area contributed by atoms with Crippen molar-refractivity contribution in [1.82, 2.24) is 10.2 Å². The van der Waals surface area contributed by atoms with E-state index in [0.717, 1.165) is 10.9 Å². The molecule has 1 aromatic heterocycles. The van der Waals surface area contributed by atoms with E-state index in [1.54, 1.807) is 0 Å². The lowest BCUT2D eigenvalue weighted by molar-refractivity contribution is 0.535. The largest absolute Gasteiger partial charge is 0.378 e. The van der Waals surface area contributed by atoms with Crippen LogP contribution in [0, 0.1) is 0 Å². The third-order valence-electron chi connectivity index (χ3n) is 4.57. The number of hydrogen-bond donors (Lipinski definition) is 2. The summed E-state index contributed by atoms with van der Waals surface area (Å²) in [6.45, 7) is 2.33. The third-order valence-corrected chi connectivity index (χ3v) is 4.57. The Kier molecular flexibility index (Phi) is 2.92. The quantitative estimate of drug-likeness (QED) is 0.718. The van der Waals surface area contributed by atoms with Gasteiger partial charge in [-0.25, -0.2) is 0 Å². The lowest BCUT2D eigenvalue weighted by Crippen LogP contribution is -2.19. The van der Waals surface area contributed by atoms with Gasteiger partial charge in [-0.2, -0.15) is 5.10 Å². The minimum absolute atomic E-state index is 0.404. The number of fused-ring (bicyclic) bond motifs is 2. The first-order valence-corrected chi connectivity index (χ1v) is 7.60. The second-order valence-electron chi connectivity index (χ2n) is 5.98. The highest BCUT2D eigenvalue weighted by Gasteiger charge is 2.24. The molecule has 21 heavy (non-hydrogen) atoms. The molecule has 3 aromatic rings. The summed E-state index contributed by atoms with van der Waals surface area (Å²) >= 11 is 0. The average molecular weight is 277 g/mol. The molecule has 3 heteroatoms. The fraction of sp³-hybridized carbons (Fsp3) is 0.278. The molecular formula is C18H19N3. The van der Waals surface area contributed by atoms with Gasteiger partial charge in [0.2, 0.25) is 0 Å². The summed E-state index contributed by atoms with van der Waals surface area (Å²) in [5.41, 5.74) is 5.19. The Morgan fingerprint density at radius 3 is 2.86 bits per heavy atom. The maximum atomic E-state index is 4.08. The monoisotopic (exact) mass is 277 g/mol. The van der Waals surface area contributed by atoms with Gasteiger partial charge in [0.1, 0.15) is 0 Å². The Balaban J connectivity index is 1.66. The Morgan fingerprint density at radius 2 is 1.95 bits per heavy atom. The van der Waals surface area contributed by atoms with Crippen LogP contribution in [0.15, 0.2) is 48.7 Å². The molecule has 1 heterocycles. The number of aromatic amines is 1. The van der Waals surface area contributed by atoms with Crippen LogP contribution in [0.3, 0.4) is 0 Å². The van der Waals surface area contributed by atoms with Crippen molar-refractivity contribution in [3.8, 4) is 0 Å². The minimum atomic E-state index is 0.404. The molecule has 106 valence electrons. The van der Waals surface area contributed by atoms with Crippen LogP contribution in [0.5, 0.6) is 0 Å². The fourth-order valence-corrected chi connectivity index (χ4v) is 3.39. The van der Waals surface area contributed by atoms with Crippen molar-refractivity contribution >= 4 is 16.6 Å². The first-order valence-electron chi connectivity index (χ1n) is 7.60. The van der Waals surface area contributed by atoms with Crippen LogP contribution in [0.1, 0.15) is 42.9 Å². The SMILES string of the molecule is CC1CCC(Nc2ccc3[nH]ncc3c2)c2ccccc21. The van der Waals surface area contributed by atoms with Crippen LogP contribution >= 0.6 is 0 Å². The standard InChI is InChI=1S/C18H19N3/c1-12-6-8-18(16-5-3-2-4-15(12)16)20-14-7-9-17-13(10-14)11-19-21-17/h2-5,7,9-12,18,20H,6,8H2,1H3,(H,19,21). The molecular weight excluding hydrogens is 258 g/mol. The zero-order valence-electron chi connectivity index (χ0n) is 12.1. The summed E-state index contributed by atoms with van der Waals surface area (Å²) in [7, 11) is 0. The fourth-order valence-electron chi connectivity index (χ4n) is 3.39. The summed E-state index contributed by atoms with van der Waals surface area (Å²) in [6, 6.07) is 15.6. The highest BCUT2D eigenvalue weighted by Crippen LogP contribution is 2.38. The third kappa shape index (κ3) is 2.19. The van der Waals surface area contributed by atoms with Crippen molar-refractivity contribution in [2.75, 3.05) is 5.32 Å². The minimum Gasteiger partial charge on any atom is -0.378 e. The predicted molar refractivity (Wildman–Crippen MR) is 86.5 cm³/mol. The van der Waals surface area contributed by atoms with E-state index in [0.29, 0.717) is 12.0 Å². The highest BCUT2D eigenvalue weighted by atomic mass is 15.1. The Labute approximate surface area is 124 Å². The summed E-state index contributed by atoms with van der Waals surface area (Å²) in [5, 5.41) is 11.9. The summed E-state index contributed by atoms with van der Waals surface area (Å²) in [6.07, 6.45) is 4.29. The van der Waals surface area contributed by atoms with Crippen molar-refractivity contribution in [2.24, 2.45) is 0 Å². The van der Waals surface area contributed by atoms with E-state index < -0.39 is 0 Å². The maximum absolute atomic E-state index is 4.08. The van der Waals surface area contributed by atoms with Gasteiger partial charge in [0.15, 0.2) is 0 Å². The molecule has 1 aliphatic rings. The molecule has 0 radical (unpaired) electrons. The van der Waals surface area contributed by atoms with Crippen molar-refractivity contribution in [1.29, 1.82) is 0 Å². The van der Waals surface area contributed by atoms with E-state index in [1.165, 1.54) is 29.7 Å². The van der Waals surface area contributed by atoms with Crippen LogP contribution in [0.2, 0.25) is 0 Å². The van der Waals surface area contributed by atoms with Crippen molar-refractivity contribution in [3.63, 3.8) is 0 Å². The molecule has 2 atom stereocenters. The van der Waals surface area contributed by atoms with Gasteiger partial charge >= 0.3 is 0 Å². The number of anilines is 1. The Bertz CT molecular complexity index is 775. The first-order chi connectivity index (χ1) is 10.3. The normalized spacial score (nSPS) is 21.2. The highest BCUT2D eigenvalue weighted by molar-refractivity contribution is 5.81. The average Bonchev–Trinajstić information content (AvgIpc) is 2.98. The van der Waals surface area contributed by atoms with Crippen LogP contribution in [-0.2, 0) is 0 Å². The second kappa shape index (κ2) is 4.92. The molecule has 2 N–H and O–H groups in total. The molecule has 1 aliphatic carbocycles. The molecule has 0 spiro atoms. The van der Waals surface area contributed by atoms with Crippen molar-refractivity contribution < 1.29 is 0 Å². The smallest absolute Gasteiger partial charge is 0.0651 e. The van der Waals surface area contributed by atoms with Gasteiger partial charge in [0.25, 0.3) is 0 Å². The van der Waals surface area contributed by atoms with Gasteiger partial charge < -0.3 is 5.32 Å². The van der Waals surface area contributed by atoms with Crippen LogP contribution < -0.4 is 5.32 Å². The second-order valence-corrected chi connectivity index (χ2v) is 5.98. The van der Waals surface area contributed by atoms with Crippen molar-refractivity contribution in [2.45, 2.75) is 31.7 Å². The molecule has 4 rings (SSSR count). The molecule has 2 aromatic carbocycles. The summed E-state index contributed by atoms with van der Waals surface area (Å²) < 4.78 is 0. The molecule has 2 unspecified atom stereocenters. The van der Waals surface area contributed by atoms with Gasteiger partial charge in [-0.3, -0.25) is 5.10 Å². The number of benzene rings is 2. The predicted octanol–water partition coefficient (Wildman–Crippen LogP) is 4.61. The number of nitrogens with one attached hydrogen (secondary N) is 2. The van der Waals surface area contributed by atoms with Crippen LogP contribution in [0.4, 0.5) is 5.69 Å². The lowest BCUT2D eigenvalue weighted by Gasteiger charge is -2.31. The zero-order chi connectivity index (χ0) is 14.2. The molecule has 0 aliphatic heterocycles. The molecule has 0 fully saturated rings. The van der Waals surface area contributed by atoms with Crippen LogP contribution in [0.25, 0.3) is 10.9 Å². The Morgan fingerprint density at radius 1 is 1.10 bits per heavy atom. The number of H-pyrrole nitrogens is 1. The molecule has 0 amide bonds. The molecule has 0 bridgehead atoms.